The summed E-state index contributed by atoms with van der Waals surface area (Å²) in [5, 5.41) is 13.5. The van der Waals surface area contributed by atoms with Crippen molar-refractivity contribution in [3.63, 3.8) is 0 Å². The van der Waals surface area contributed by atoms with Crippen molar-refractivity contribution in [2.75, 3.05) is 11.5 Å². The molecule has 4 saturated carbocycles. The van der Waals surface area contributed by atoms with Crippen LogP contribution in [0, 0.1) is 17.8 Å². The zero-order valence-corrected chi connectivity index (χ0v) is 21.6. The quantitative estimate of drug-likeness (QED) is 0.227. The van der Waals surface area contributed by atoms with Gasteiger partial charge in [-0.3, -0.25) is 10.1 Å². The summed E-state index contributed by atoms with van der Waals surface area (Å²) < 4.78 is 0. The van der Waals surface area contributed by atoms with Crippen molar-refractivity contribution in [3.8, 4) is 0 Å². The topological polar surface area (TPSA) is 49.3 Å². The van der Waals surface area contributed by atoms with Crippen LogP contribution >= 0.6 is 11.8 Å². The van der Waals surface area contributed by atoms with Crippen LogP contribution in [0.2, 0.25) is 0 Å². The van der Waals surface area contributed by atoms with Crippen molar-refractivity contribution in [2.24, 2.45) is 17.8 Å². The lowest BCUT2D eigenvalue weighted by Crippen LogP contribution is -2.62. The van der Waals surface area contributed by atoms with Crippen LogP contribution < -0.4 is 5.32 Å². The summed E-state index contributed by atoms with van der Waals surface area (Å²) in [5.74, 6) is 3.40. The van der Waals surface area contributed by atoms with E-state index in [-0.39, 0.29) is 5.54 Å². The average molecular weight is 460 g/mol. The fraction of sp³-hybridized carbons (Fsp3) is 0.750. The average Bonchev–Trinajstić information content (AvgIpc) is 2.68. The predicted octanol–water partition coefficient (Wildman–Crippen LogP) is 7.15. The maximum atomic E-state index is 12.0. The second kappa shape index (κ2) is 11.9. The lowest BCUT2D eigenvalue weighted by atomic mass is 9.53. The minimum absolute atomic E-state index is 0.111. The SMILES string of the molecule is CC(C)=CCC/C(C)=C/CC/C(C)=C/CSC[C@H](NC12CC3CC(CC(C3)C1)C2)C(=O)O. The van der Waals surface area contributed by atoms with Gasteiger partial charge in [-0.25, -0.2) is 0 Å². The first-order valence-corrected chi connectivity index (χ1v) is 13.9. The van der Waals surface area contributed by atoms with Crippen LogP contribution in [0.25, 0.3) is 0 Å². The van der Waals surface area contributed by atoms with Gasteiger partial charge in [-0.2, -0.15) is 11.8 Å². The molecule has 4 heteroatoms. The Morgan fingerprint density at radius 3 is 2.00 bits per heavy atom. The molecule has 3 nitrogen and oxygen atoms in total. The van der Waals surface area contributed by atoms with Crippen LogP contribution in [0.15, 0.2) is 34.9 Å². The second-order valence-corrected chi connectivity index (χ2v) is 12.3. The number of thioether (sulfide) groups is 1. The highest BCUT2D eigenvalue weighted by Gasteiger charge is 2.51. The summed E-state index contributed by atoms with van der Waals surface area (Å²) in [6.45, 7) is 8.75. The Kier molecular flexibility index (Phi) is 9.55. The van der Waals surface area contributed by atoms with Gasteiger partial charge in [0.15, 0.2) is 0 Å². The molecule has 4 fully saturated rings. The van der Waals surface area contributed by atoms with Crippen LogP contribution in [0.4, 0.5) is 0 Å². The predicted molar refractivity (Wildman–Crippen MR) is 138 cm³/mol. The molecule has 0 radical (unpaired) electrons. The number of hydrogen-bond acceptors (Lipinski definition) is 3. The van der Waals surface area contributed by atoms with Crippen LogP contribution in [0.1, 0.15) is 91.9 Å². The van der Waals surface area contributed by atoms with E-state index in [2.05, 4.69) is 51.2 Å². The van der Waals surface area contributed by atoms with Crippen LogP contribution in [0.5, 0.6) is 0 Å². The Morgan fingerprint density at radius 1 is 0.938 bits per heavy atom. The Balaban J connectivity index is 1.38. The molecule has 0 spiro atoms. The van der Waals surface area contributed by atoms with Gasteiger partial charge in [0, 0.05) is 17.0 Å². The number of nitrogens with one attached hydrogen (secondary N) is 1. The minimum Gasteiger partial charge on any atom is -0.480 e. The molecule has 4 aliphatic rings. The summed E-state index contributed by atoms with van der Waals surface area (Å²) in [6, 6.07) is -0.420. The molecule has 180 valence electrons. The Labute approximate surface area is 200 Å². The first-order chi connectivity index (χ1) is 15.2. The molecule has 2 N–H and O–H groups in total. The van der Waals surface area contributed by atoms with E-state index in [1.165, 1.54) is 55.2 Å². The van der Waals surface area contributed by atoms with Crippen molar-refractivity contribution in [1.29, 1.82) is 0 Å². The highest BCUT2D eigenvalue weighted by Crippen LogP contribution is 2.55. The van der Waals surface area contributed by atoms with E-state index in [4.69, 9.17) is 0 Å². The molecule has 4 aliphatic carbocycles. The van der Waals surface area contributed by atoms with E-state index in [0.717, 1.165) is 49.2 Å². The fourth-order valence-electron chi connectivity index (χ4n) is 6.56. The Morgan fingerprint density at radius 2 is 1.47 bits per heavy atom. The van der Waals surface area contributed by atoms with E-state index in [9.17, 15) is 9.90 Å². The van der Waals surface area contributed by atoms with Crippen molar-refractivity contribution in [3.05, 3.63) is 34.9 Å². The molecule has 1 atom stereocenters. The Hall–Kier alpha value is -1.00. The van der Waals surface area contributed by atoms with Gasteiger partial charge in [-0.1, -0.05) is 34.9 Å². The Bertz CT molecular complexity index is 696. The molecule has 0 unspecified atom stereocenters. The summed E-state index contributed by atoms with van der Waals surface area (Å²) >= 11 is 1.76. The molecule has 0 aromatic rings. The fourth-order valence-corrected chi connectivity index (χ4v) is 7.56. The molecular weight excluding hydrogens is 414 g/mol. The molecule has 0 aromatic carbocycles. The number of aliphatic carboxylic acids is 1. The van der Waals surface area contributed by atoms with Gasteiger partial charge in [0.25, 0.3) is 0 Å². The number of allylic oxidation sites excluding steroid dienone is 5. The van der Waals surface area contributed by atoms with Crippen molar-refractivity contribution in [2.45, 2.75) is 103 Å². The maximum Gasteiger partial charge on any atom is 0.321 e. The normalized spacial score (nSPS) is 30.4. The van der Waals surface area contributed by atoms with Crippen molar-refractivity contribution >= 4 is 17.7 Å². The molecular formula is C28H45NO2S. The zero-order chi connectivity index (χ0) is 23.1. The minimum atomic E-state index is -0.678. The second-order valence-electron chi connectivity index (χ2n) is 11.2. The largest absolute Gasteiger partial charge is 0.480 e. The lowest BCUT2D eigenvalue weighted by molar-refractivity contribution is -0.140. The molecule has 0 aliphatic heterocycles. The third-order valence-corrected chi connectivity index (χ3v) is 8.75. The number of carboxylic acids is 1. The molecule has 4 bridgehead atoms. The molecule has 0 saturated heterocycles. The summed E-state index contributed by atoms with van der Waals surface area (Å²) in [7, 11) is 0. The van der Waals surface area contributed by atoms with Gasteiger partial charge in [0.1, 0.15) is 6.04 Å². The standard InChI is InChI=1S/C28H45NO2S/c1-20(2)7-5-8-21(3)9-6-10-22(4)11-12-32-19-26(27(30)31)29-28-16-23-13-24(17-28)15-25(14-23)18-28/h7,9,11,23-26,29H,5-6,8,10,12-19H2,1-4H3,(H,30,31)/b21-9+,22-11+/t23?,24?,25?,26-,28?/m0/s1. The molecule has 0 amide bonds. The number of rotatable bonds is 13. The number of hydrogen-bond donors (Lipinski definition) is 2. The van der Waals surface area contributed by atoms with Crippen molar-refractivity contribution in [1.82, 2.24) is 5.32 Å². The van der Waals surface area contributed by atoms with Gasteiger partial charge in [-0.15, -0.1) is 0 Å². The highest BCUT2D eigenvalue weighted by atomic mass is 32.2. The summed E-state index contributed by atoms with van der Waals surface area (Å²) in [5.41, 5.74) is 4.39. The van der Waals surface area contributed by atoms with Crippen LogP contribution in [0.3, 0.4) is 0 Å². The van der Waals surface area contributed by atoms with E-state index < -0.39 is 12.0 Å². The lowest BCUT2D eigenvalue weighted by Gasteiger charge is -2.57. The third kappa shape index (κ3) is 7.80. The van der Waals surface area contributed by atoms with Gasteiger partial charge in [0.2, 0.25) is 0 Å². The van der Waals surface area contributed by atoms with E-state index in [1.54, 1.807) is 11.8 Å². The number of carbonyl (C=O) groups is 1. The van der Waals surface area contributed by atoms with Gasteiger partial charge >= 0.3 is 5.97 Å². The van der Waals surface area contributed by atoms with E-state index in [0.29, 0.717) is 5.75 Å². The van der Waals surface area contributed by atoms with Crippen molar-refractivity contribution < 1.29 is 9.90 Å². The monoisotopic (exact) mass is 459 g/mol. The first-order valence-electron chi connectivity index (χ1n) is 12.8. The first kappa shape index (κ1) is 25.6. The molecule has 4 rings (SSSR count). The smallest absolute Gasteiger partial charge is 0.321 e. The van der Waals surface area contributed by atoms with Gasteiger partial charge in [-0.05, 0) is 110 Å². The number of carboxylic acid groups (broad SMARTS) is 1. The van der Waals surface area contributed by atoms with Crippen LogP contribution in [-0.2, 0) is 4.79 Å². The molecule has 0 aromatic heterocycles. The van der Waals surface area contributed by atoms with Gasteiger partial charge < -0.3 is 5.11 Å². The van der Waals surface area contributed by atoms with E-state index >= 15 is 0 Å². The molecule has 0 heterocycles. The third-order valence-electron chi connectivity index (χ3n) is 7.77. The van der Waals surface area contributed by atoms with Gasteiger partial charge in [0.05, 0.1) is 0 Å². The molecule has 32 heavy (non-hydrogen) atoms. The van der Waals surface area contributed by atoms with Crippen LogP contribution in [-0.4, -0.2) is 34.2 Å². The summed E-state index contributed by atoms with van der Waals surface area (Å²) in [6.07, 6.45) is 19.2. The highest BCUT2D eigenvalue weighted by molar-refractivity contribution is 7.99. The van der Waals surface area contributed by atoms with E-state index in [1.807, 2.05) is 0 Å². The maximum absolute atomic E-state index is 12.0. The summed E-state index contributed by atoms with van der Waals surface area (Å²) in [4.78, 5) is 12.0. The zero-order valence-electron chi connectivity index (χ0n) is 20.8.